The molecule has 0 aromatic heterocycles. The zero-order valence-corrected chi connectivity index (χ0v) is 63.2. The first-order chi connectivity index (χ1) is 45.3. The highest BCUT2D eigenvalue weighted by Crippen LogP contribution is 2.45. The standard InChI is InChI=1S/C75H146O17P2/c1-8-11-12-13-14-15-16-17-18-19-20-21-22-23-24-25-28-35-44-51-58-74(79)91-70(62-85-72(77)56-49-42-34-29-26-27-32-39-46-53-66(4)5)64-89-93(81,82)87-60-69(76)61-88-94(83,84)90-65-71(63-86-73(78)57-50-43-38-37-41-48-55-68(7)10-3)92-75(80)59-52-45-36-31-30-33-40-47-54-67(6)9-2/h66-71,76H,8-65H2,1-7H3,(H,81,82)(H,83,84)/t67?,68?,69-,70-,71-/m1/s1. The van der Waals surface area contributed by atoms with E-state index in [0.29, 0.717) is 25.7 Å². The highest BCUT2D eigenvalue weighted by Gasteiger charge is 2.30. The van der Waals surface area contributed by atoms with Crippen LogP contribution in [-0.2, 0) is 65.4 Å². The summed E-state index contributed by atoms with van der Waals surface area (Å²) < 4.78 is 68.5. The fraction of sp³-hybridized carbons (Fsp3) is 0.947. The molecule has 0 radical (unpaired) electrons. The van der Waals surface area contributed by atoms with Crippen LogP contribution >= 0.6 is 15.6 Å². The predicted molar refractivity (Wildman–Crippen MR) is 381 cm³/mol. The quantitative estimate of drug-likeness (QED) is 0.0222. The molecular weight excluding hydrogens is 1230 g/mol. The smallest absolute Gasteiger partial charge is 0.462 e. The van der Waals surface area contributed by atoms with Crippen molar-refractivity contribution in [3.63, 3.8) is 0 Å². The molecule has 19 heteroatoms. The van der Waals surface area contributed by atoms with Gasteiger partial charge in [0.25, 0.3) is 0 Å². The van der Waals surface area contributed by atoms with Crippen LogP contribution in [0.4, 0.5) is 0 Å². The van der Waals surface area contributed by atoms with Crippen LogP contribution in [0.5, 0.6) is 0 Å². The van der Waals surface area contributed by atoms with Gasteiger partial charge in [-0.3, -0.25) is 37.3 Å². The molecule has 0 aromatic rings. The van der Waals surface area contributed by atoms with E-state index in [-0.39, 0.29) is 25.7 Å². The molecule has 0 bridgehead atoms. The normalized spacial score (nSPS) is 14.7. The molecule has 0 aliphatic heterocycles. The molecule has 3 N–H and O–H groups in total. The Morgan fingerprint density at radius 3 is 0.809 bits per heavy atom. The van der Waals surface area contributed by atoms with Crippen LogP contribution in [0.3, 0.4) is 0 Å². The molecule has 0 rings (SSSR count). The molecule has 17 nitrogen and oxygen atoms in total. The lowest BCUT2D eigenvalue weighted by Crippen LogP contribution is -2.30. The van der Waals surface area contributed by atoms with Gasteiger partial charge in [-0.25, -0.2) is 9.13 Å². The Kier molecular flexibility index (Phi) is 64.3. The van der Waals surface area contributed by atoms with Crippen LogP contribution in [0.25, 0.3) is 0 Å². The molecule has 4 unspecified atom stereocenters. The number of aliphatic hydroxyl groups excluding tert-OH is 1. The first-order valence-corrected chi connectivity index (χ1v) is 41.9. The number of hydrogen-bond donors (Lipinski definition) is 3. The second-order valence-electron chi connectivity index (χ2n) is 28.0. The average Bonchev–Trinajstić information content (AvgIpc) is 3.74. The van der Waals surface area contributed by atoms with Gasteiger partial charge in [0.15, 0.2) is 12.2 Å². The third-order valence-corrected chi connectivity index (χ3v) is 20.0. The van der Waals surface area contributed by atoms with Crippen molar-refractivity contribution in [2.24, 2.45) is 17.8 Å². The summed E-state index contributed by atoms with van der Waals surface area (Å²) in [5.41, 5.74) is 0. The molecule has 0 aliphatic rings. The Hall–Kier alpha value is -1.94. The Balaban J connectivity index is 5.22. The maximum Gasteiger partial charge on any atom is 0.472 e. The van der Waals surface area contributed by atoms with Gasteiger partial charge in [0.2, 0.25) is 0 Å². The third kappa shape index (κ3) is 66.0. The van der Waals surface area contributed by atoms with Gasteiger partial charge in [-0.05, 0) is 43.4 Å². The fourth-order valence-electron chi connectivity index (χ4n) is 11.4. The first kappa shape index (κ1) is 92.1. The van der Waals surface area contributed by atoms with E-state index in [0.717, 1.165) is 114 Å². The number of esters is 4. The van der Waals surface area contributed by atoms with Gasteiger partial charge in [-0.15, -0.1) is 0 Å². The Morgan fingerprint density at radius 2 is 0.543 bits per heavy atom. The summed E-state index contributed by atoms with van der Waals surface area (Å²) in [4.78, 5) is 72.7. The van der Waals surface area contributed by atoms with Crippen LogP contribution in [0.1, 0.15) is 382 Å². The lowest BCUT2D eigenvalue weighted by molar-refractivity contribution is -0.161. The Bertz CT molecular complexity index is 1840. The number of aliphatic hydroxyl groups is 1. The molecular formula is C75H146O17P2. The maximum atomic E-state index is 13.1. The number of carbonyl (C=O) groups excluding carboxylic acids is 4. The number of phosphoric acid groups is 2. The number of hydrogen-bond acceptors (Lipinski definition) is 15. The minimum Gasteiger partial charge on any atom is -0.462 e. The highest BCUT2D eigenvalue weighted by atomic mass is 31.2. The zero-order chi connectivity index (χ0) is 69.4. The number of unbranched alkanes of at least 4 members (excludes halogenated alkanes) is 39. The highest BCUT2D eigenvalue weighted by molar-refractivity contribution is 7.47. The molecule has 0 aromatic carbocycles. The topological polar surface area (TPSA) is 237 Å². The number of carbonyl (C=O) groups is 4. The average molecular weight is 1380 g/mol. The van der Waals surface area contributed by atoms with Crippen LogP contribution in [0.15, 0.2) is 0 Å². The summed E-state index contributed by atoms with van der Waals surface area (Å²) in [5, 5.41) is 10.6. The third-order valence-electron chi connectivity index (χ3n) is 18.1. The van der Waals surface area contributed by atoms with E-state index < -0.39 is 97.5 Å². The van der Waals surface area contributed by atoms with Gasteiger partial charge in [-0.2, -0.15) is 0 Å². The minimum atomic E-state index is -4.96. The van der Waals surface area contributed by atoms with E-state index in [1.165, 1.54) is 186 Å². The van der Waals surface area contributed by atoms with E-state index in [2.05, 4.69) is 48.5 Å². The summed E-state index contributed by atoms with van der Waals surface area (Å²) in [6.45, 7) is 11.8. The summed E-state index contributed by atoms with van der Waals surface area (Å²) in [6, 6.07) is 0. The van der Waals surface area contributed by atoms with Gasteiger partial charge in [0.1, 0.15) is 19.3 Å². The Morgan fingerprint density at radius 1 is 0.309 bits per heavy atom. The Labute approximate surface area is 575 Å². The molecule has 0 spiro atoms. The van der Waals surface area contributed by atoms with Gasteiger partial charge in [0.05, 0.1) is 26.4 Å². The molecule has 94 heavy (non-hydrogen) atoms. The van der Waals surface area contributed by atoms with Crippen molar-refractivity contribution in [3.05, 3.63) is 0 Å². The molecule has 0 aliphatic carbocycles. The monoisotopic (exact) mass is 1380 g/mol. The second kappa shape index (κ2) is 65.7. The van der Waals surface area contributed by atoms with Crippen molar-refractivity contribution >= 4 is 39.5 Å². The summed E-state index contributed by atoms with van der Waals surface area (Å²) in [6.07, 6.45) is 51.5. The summed E-state index contributed by atoms with van der Waals surface area (Å²) in [7, 11) is -9.91. The van der Waals surface area contributed by atoms with E-state index in [9.17, 15) is 43.2 Å². The van der Waals surface area contributed by atoms with Crippen LogP contribution in [0, 0.1) is 17.8 Å². The first-order valence-electron chi connectivity index (χ1n) is 38.9. The van der Waals surface area contributed by atoms with Crippen LogP contribution < -0.4 is 0 Å². The lowest BCUT2D eigenvalue weighted by atomic mass is 9.99. The van der Waals surface area contributed by atoms with Gasteiger partial charge >= 0.3 is 39.5 Å². The van der Waals surface area contributed by atoms with Crippen molar-refractivity contribution in [2.75, 3.05) is 39.6 Å². The van der Waals surface area contributed by atoms with Gasteiger partial charge in [-0.1, -0.05) is 331 Å². The fourth-order valence-corrected chi connectivity index (χ4v) is 12.9. The maximum absolute atomic E-state index is 13.1. The molecule has 0 saturated heterocycles. The molecule has 558 valence electrons. The number of rotatable bonds is 73. The van der Waals surface area contributed by atoms with E-state index in [1.807, 2.05) is 0 Å². The van der Waals surface area contributed by atoms with Crippen molar-refractivity contribution in [2.45, 2.75) is 401 Å². The molecule has 0 amide bonds. The van der Waals surface area contributed by atoms with Crippen molar-refractivity contribution in [1.82, 2.24) is 0 Å². The second-order valence-corrected chi connectivity index (χ2v) is 30.9. The van der Waals surface area contributed by atoms with E-state index >= 15 is 0 Å². The lowest BCUT2D eigenvalue weighted by Gasteiger charge is -2.21. The number of phosphoric ester groups is 2. The van der Waals surface area contributed by atoms with Crippen molar-refractivity contribution in [3.8, 4) is 0 Å². The predicted octanol–water partition coefficient (Wildman–Crippen LogP) is 21.8. The zero-order valence-electron chi connectivity index (χ0n) is 61.4. The molecule has 7 atom stereocenters. The van der Waals surface area contributed by atoms with Crippen molar-refractivity contribution in [1.29, 1.82) is 0 Å². The largest absolute Gasteiger partial charge is 0.472 e. The molecule has 0 heterocycles. The molecule has 0 fully saturated rings. The van der Waals surface area contributed by atoms with Crippen LogP contribution in [-0.4, -0.2) is 96.7 Å². The van der Waals surface area contributed by atoms with E-state index in [1.54, 1.807) is 0 Å². The number of ether oxygens (including phenoxy) is 4. The van der Waals surface area contributed by atoms with Gasteiger partial charge < -0.3 is 33.8 Å². The minimum absolute atomic E-state index is 0.104. The van der Waals surface area contributed by atoms with Gasteiger partial charge in [0, 0.05) is 25.7 Å². The van der Waals surface area contributed by atoms with Crippen LogP contribution in [0.2, 0.25) is 0 Å². The van der Waals surface area contributed by atoms with E-state index in [4.69, 9.17) is 37.0 Å². The van der Waals surface area contributed by atoms with Crippen molar-refractivity contribution < 1.29 is 80.2 Å². The summed E-state index contributed by atoms with van der Waals surface area (Å²) in [5.74, 6) is 0.121. The summed E-state index contributed by atoms with van der Waals surface area (Å²) >= 11 is 0. The molecule has 0 saturated carbocycles. The SMILES string of the molecule is CCCCCCCCCCCCCCCCCCCCCCC(=O)O[C@H](COC(=O)CCCCCCCCCCCC(C)C)COP(=O)(O)OC[C@@H](O)COP(=O)(O)OC[C@@H](COC(=O)CCCCCCCCC(C)CC)OC(=O)CCCCCCCCCCC(C)CC.